The molecule has 0 unspecified atom stereocenters. The van der Waals surface area contributed by atoms with Crippen LogP contribution in [0.2, 0.25) is 5.02 Å². The number of rotatable bonds is 8. The number of carbonyl (C=O) groups is 2. The predicted octanol–water partition coefficient (Wildman–Crippen LogP) is 3.98. The van der Waals surface area contributed by atoms with Gasteiger partial charge in [-0.25, -0.2) is 9.18 Å². The van der Waals surface area contributed by atoms with Crippen LogP contribution in [0.15, 0.2) is 42.0 Å². The van der Waals surface area contributed by atoms with Crippen LogP contribution >= 0.6 is 11.6 Å². The Balaban J connectivity index is 2.26. The highest BCUT2D eigenvalue weighted by atomic mass is 35.5. The van der Waals surface area contributed by atoms with E-state index < -0.39 is 17.7 Å². The summed E-state index contributed by atoms with van der Waals surface area (Å²) in [6.45, 7) is 1.51. The van der Waals surface area contributed by atoms with Crippen molar-refractivity contribution in [3.63, 3.8) is 0 Å². The number of methoxy groups -OCH3 is 1. The first kappa shape index (κ1) is 22.7. The van der Waals surface area contributed by atoms with Gasteiger partial charge in [0.2, 0.25) is 0 Å². The summed E-state index contributed by atoms with van der Waals surface area (Å²) < 4.78 is 29.1. The lowest BCUT2D eigenvalue weighted by Gasteiger charge is -2.13. The van der Waals surface area contributed by atoms with Gasteiger partial charge in [0, 0.05) is 0 Å². The Kier molecular flexibility index (Phi) is 8.20. The molecule has 0 heterocycles. The Hall–Kier alpha value is -3.57. The zero-order valence-electron chi connectivity index (χ0n) is 16.2. The van der Waals surface area contributed by atoms with Crippen molar-refractivity contribution in [3.8, 4) is 17.6 Å². The van der Waals surface area contributed by atoms with Crippen LogP contribution in [-0.4, -0.2) is 32.2 Å². The molecule has 2 rings (SSSR count). The second-order valence-corrected chi connectivity index (χ2v) is 6.14. The van der Waals surface area contributed by atoms with E-state index in [1.165, 1.54) is 43.5 Å². The number of benzene rings is 2. The molecule has 156 valence electrons. The Morgan fingerprint density at radius 1 is 1.30 bits per heavy atom. The largest absolute Gasteiger partial charge is 0.493 e. The average molecular weight is 433 g/mol. The third-order valence-corrected chi connectivity index (χ3v) is 3.97. The van der Waals surface area contributed by atoms with E-state index >= 15 is 0 Å². The summed E-state index contributed by atoms with van der Waals surface area (Å²) in [7, 11) is 1.37. The lowest BCUT2D eigenvalue weighted by atomic mass is 10.1. The quantitative estimate of drug-likeness (QED) is 0.385. The van der Waals surface area contributed by atoms with Gasteiger partial charge < -0.3 is 19.5 Å². The summed E-state index contributed by atoms with van der Waals surface area (Å²) in [6, 6.07) is 10.3. The maximum atomic E-state index is 13.7. The number of nitrogens with one attached hydrogen (secondary N) is 1. The van der Waals surface area contributed by atoms with Crippen molar-refractivity contribution in [2.24, 2.45) is 0 Å². The second kappa shape index (κ2) is 10.8. The minimum Gasteiger partial charge on any atom is -0.493 e. The van der Waals surface area contributed by atoms with Gasteiger partial charge in [-0.2, -0.15) is 5.26 Å². The first-order valence-corrected chi connectivity index (χ1v) is 9.11. The summed E-state index contributed by atoms with van der Waals surface area (Å²) in [5, 5.41) is 11.8. The van der Waals surface area contributed by atoms with E-state index in [0.717, 1.165) is 0 Å². The molecule has 0 bridgehead atoms. The highest BCUT2D eigenvalue weighted by Crippen LogP contribution is 2.37. The monoisotopic (exact) mass is 432 g/mol. The third-order valence-electron chi connectivity index (χ3n) is 3.69. The molecule has 0 fully saturated rings. The molecule has 0 spiro atoms. The molecule has 0 saturated carbocycles. The van der Waals surface area contributed by atoms with E-state index in [9.17, 15) is 19.2 Å². The van der Waals surface area contributed by atoms with Gasteiger partial charge >= 0.3 is 5.97 Å². The van der Waals surface area contributed by atoms with Crippen LogP contribution in [0, 0.1) is 17.1 Å². The molecular formula is C21H18ClFN2O5. The third kappa shape index (κ3) is 5.96. The van der Waals surface area contributed by atoms with Gasteiger partial charge in [-0.1, -0.05) is 23.7 Å². The minimum absolute atomic E-state index is 0.0537. The summed E-state index contributed by atoms with van der Waals surface area (Å²) in [4.78, 5) is 23.8. The Morgan fingerprint density at radius 2 is 2.03 bits per heavy atom. The fourth-order valence-electron chi connectivity index (χ4n) is 2.36. The number of nitriles is 1. The number of anilines is 1. The van der Waals surface area contributed by atoms with Crippen molar-refractivity contribution in [1.29, 1.82) is 5.26 Å². The van der Waals surface area contributed by atoms with Crippen molar-refractivity contribution in [2.45, 2.75) is 6.92 Å². The number of amides is 1. The molecule has 1 amide bonds. The van der Waals surface area contributed by atoms with Gasteiger partial charge in [-0.3, -0.25) is 4.79 Å². The van der Waals surface area contributed by atoms with Gasteiger partial charge in [0.25, 0.3) is 5.91 Å². The van der Waals surface area contributed by atoms with Crippen molar-refractivity contribution in [1.82, 2.24) is 0 Å². The van der Waals surface area contributed by atoms with Gasteiger partial charge in [0.15, 0.2) is 18.1 Å². The topological polar surface area (TPSA) is 97.7 Å². The van der Waals surface area contributed by atoms with Crippen LogP contribution < -0.4 is 14.8 Å². The van der Waals surface area contributed by atoms with Crippen LogP contribution in [0.5, 0.6) is 11.5 Å². The van der Waals surface area contributed by atoms with Crippen LogP contribution in [-0.2, 0) is 14.3 Å². The maximum Gasteiger partial charge on any atom is 0.344 e. The molecule has 2 aromatic carbocycles. The normalized spacial score (nSPS) is 10.7. The van der Waals surface area contributed by atoms with E-state index in [1.807, 2.05) is 0 Å². The van der Waals surface area contributed by atoms with Gasteiger partial charge in [0.05, 0.1) is 24.4 Å². The summed E-state index contributed by atoms with van der Waals surface area (Å²) in [5.41, 5.74) is 0.0270. The zero-order valence-corrected chi connectivity index (χ0v) is 17.0. The fourth-order valence-corrected chi connectivity index (χ4v) is 2.64. The van der Waals surface area contributed by atoms with E-state index in [2.05, 4.69) is 5.32 Å². The lowest BCUT2D eigenvalue weighted by Crippen LogP contribution is -2.15. The van der Waals surface area contributed by atoms with Gasteiger partial charge in [-0.15, -0.1) is 0 Å². The Bertz CT molecular complexity index is 1020. The molecule has 0 saturated heterocycles. The zero-order chi connectivity index (χ0) is 22.1. The molecule has 30 heavy (non-hydrogen) atoms. The van der Waals surface area contributed by atoms with Crippen molar-refractivity contribution in [3.05, 3.63) is 58.4 Å². The minimum atomic E-state index is -0.791. The lowest BCUT2D eigenvalue weighted by molar-refractivity contribution is -0.145. The molecule has 0 aromatic heterocycles. The van der Waals surface area contributed by atoms with E-state index in [0.29, 0.717) is 5.56 Å². The fraction of sp³-hybridized carbons (Fsp3) is 0.190. The molecule has 9 heteroatoms. The van der Waals surface area contributed by atoms with Gasteiger partial charge in [0.1, 0.15) is 17.5 Å². The number of ether oxygens (including phenoxy) is 3. The van der Waals surface area contributed by atoms with E-state index in [4.69, 9.17) is 25.8 Å². The van der Waals surface area contributed by atoms with E-state index in [1.54, 1.807) is 19.1 Å². The smallest absolute Gasteiger partial charge is 0.344 e. The Labute approximate surface area is 177 Å². The standard InChI is InChI=1S/C21H18ClFN2O5/c1-3-29-19(26)12-30-20-15(22)9-13(10-18(20)28-2)8-14(11-24)21(27)25-17-7-5-4-6-16(17)23/h4-10H,3,12H2,1-2H3,(H,25,27)/b14-8-. The molecule has 0 aliphatic carbocycles. The number of nitrogens with zero attached hydrogens (tertiary/aromatic N) is 1. The molecular weight excluding hydrogens is 415 g/mol. The van der Waals surface area contributed by atoms with Crippen LogP contribution in [0.4, 0.5) is 10.1 Å². The summed E-state index contributed by atoms with van der Waals surface area (Å²) in [5.74, 6) is -1.70. The average Bonchev–Trinajstić information content (AvgIpc) is 2.72. The number of esters is 1. The number of carbonyl (C=O) groups excluding carboxylic acids is 2. The van der Waals surface area contributed by atoms with Gasteiger partial charge in [-0.05, 0) is 42.8 Å². The summed E-state index contributed by atoms with van der Waals surface area (Å²) >= 11 is 6.21. The first-order valence-electron chi connectivity index (χ1n) is 8.73. The highest BCUT2D eigenvalue weighted by molar-refractivity contribution is 6.32. The SMILES string of the molecule is CCOC(=O)COc1c(Cl)cc(/C=C(/C#N)C(=O)Nc2ccccc2F)cc1OC. The molecule has 0 aliphatic rings. The number of hydrogen-bond acceptors (Lipinski definition) is 6. The highest BCUT2D eigenvalue weighted by Gasteiger charge is 2.16. The maximum absolute atomic E-state index is 13.7. The molecule has 0 radical (unpaired) electrons. The van der Waals surface area contributed by atoms with Crippen molar-refractivity contribution < 1.29 is 28.2 Å². The van der Waals surface area contributed by atoms with Crippen LogP contribution in [0.1, 0.15) is 12.5 Å². The molecule has 1 N–H and O–H groups in total. The van der Waals surface area contributed by atoms with Crippen LogP contribution in [0.3, 0.4) is 0 Å². The number of hydrogen-bond donors (Lipinski definition) is 1. The van der Waals surface area contributed by atoms with E-state index in [-0.39, 0.29) is 41.0 Å². The summed E-state index contributed by atoms with van der Waals surface area (Å²) in [6.07, 6.45) is 1.26. The molecule has 0 aliphatic heterocycles. The Morgan fingerprint density at radius 3 is 2.67 bits per heavy atom. The second-order valence-electron chi connectivity index (χ2n) is 5.73. The predicted molar refractivity (Wildman–Crippen MR) is 109 cm³/mol. The van der Waals surface area contributed by atoms with Crippen molar-refractivity contribution >= 4 is 35.2 Å². The number of para-hydroxylation sites is 1. The molecule has 7 nitrogen and oxygen atoms in total. The first-order chi connectivity index (χ1) is 14.4. The van der Waals surface area contributed by atoms with Crippen LogP contribution in [0.25, 0.3) is 6.08 Å². The van der Waals surface area contributed by atoms with Crippen molar-refractivity contribution in [2.75, 3.05) is 25.6 Å². The number of halogens is 2. The molecule has 0 atom stereocenters. The molecule has 2 aromatic rings.